The molecule has 136 valence electrons. The van der Waals surface area contributed by atoms with Gasteiger partial charge in [-0.15, -0.1) is 0 Å². The van der Waals surface area contributed by atoms with Gasteiger partial charge in [0, 0.05) is 29.4 Å². The maximum absolute atomic E-state index is 4.69. The molecule has 0 aliphatic carbocycles. The van der Waals surface area contributed by atoms with Crippen LogP contribution in [0.5, 0.6) is 0 Å². The average molecular weight is 365 g/mol. The fraction of sp³-hybridized carbons (Fsp3) is 0.0870. The summed E-state index contributed by atoms with van der Waals surface area (Å²) < 4.78 is 0. The van der Waals surface area contributed by atoms with Crippen molar-refractivity contribution in [3.63, 3.8) is 0 Å². The van der Waals surface area contributed by atoms with Crippen molar-refractivity contribution in [1.82, 2.24) is 19.9 Å². The molecule has 0 saturated heterocycles. The van der Waals surface area contributed by atoms with Crippen LogP contribution in [0.15, 0.2) is 79.3 Å². The van der Waals surface area contributed by atoms with Crippen LogP contribution >= 0.6 is 0 Å². The van der Waals surface area contributed by atoms with Crippen molar-refractivity contribution < 1.29 is 0 Å². The topological polar surface area (TPSA) is 66.5 Å². The first kappa shape index (κ1) is 16.4. The molecule has 3 aromatic heterocycles. The van der Waals surface area contributed by atoms with Gasteiger partial charge in [0.2, 0.25) is 5.95 Å². The summed E-state index contributed by atoms with van der Waals surface area (Å²) in [6, 6.07) is 20.8. The summed E-state index contributed by atoms with van der Waals surface area (Å²) in [5.74, 6) is 0.633. The van der Waals surface area contributed by atoms with E-state index in [1.807, 2.05) is 48.9 Å². The minimum atomic E-state index is 0.136. The maximum Gasteiger partial charge on any atom is 0.223 e. The van der Waals surface area contributed by atoms with Gasteiger partial charge in [0.1, 0.15) is 5.65 Å². The summed E-state index contributed by atoms with van der Waals surface area (Å²) in [6.07, 6.45) is 5.62. The molecule has 0 fully saturated rings. The molecule has 5 nitrogen and oxygen atoms in total. The second-order valence-corrected chi connectivity index (χ2v) is 6.84. The molecule has 5 aromatic rings. The number of hydrogen-bond acceptors (Lipinski definition) is 4. The van der Waals surface area contributed by atoms with Crippen LogP contribution < -0.4 is 5.32 Å². The zero-order valence-corrected chi connectivity index (χ0v) is 15.4. The van der Waals surface area contributed by atoms with Gasteiger partial charge in [-0.2, -0.15) is 0 Å². The third-order valence-corrected chi connectivity index (χ3v) is 5.00. The van der Waals surface area contributed by atoms with Crippen molar-refractivity contribution in [2.75, 3.05) is 5.32 Å². The number of aromatic amines is 1. The number of pyridine rings is 1. The Labute approximate surface area is 162 Å². The van der Waals surface area contributed by atoms with E-state index in [0.29, 0.717) is 5.95 Å². The molecule has 1 atom stereocenters. The number of anilines is 1. The van der Waals surface area contributed by atoms with Crippen molar-refractivity contribution in [3.8, 4) is 11.1 Å². The molecule has 2 N–H and O–H groups in total. The third-order valence-electron chi connectivity index (χ3n) is 5.00. The monoisotopic (exact) mass is 365 g/mol. The van der Waals surface area contributed by atoms with Crippen LogP contribution in [0, 0.1) is 0 Å². The average Bonchev–Trinajstić information content (AvgIpc) is 3.23. The lowest BCUT2D eigenvalue weighted by molar-refractivity contribution is 0.864. The number of H-pyrrole nitrogens is 1. The van der Waals surface area contributed by atoms with E-state index >= 15 is 0 Å². The number of hydrogen-bond donors (Lipinski definition) is 2. The van der Waals surface area contributed by atoms with Gasteiger partial charge in [-0.25, -0.2) is 15.0 Å². The van der Waals surface area contributed by atoms with Crippen LogP contribution in [0.4, 0.5) is 5.95 Å². The molecule has 28 heavy (non-hydrogen) atoms. The van der Waals surface area contributed by atoms with Crippen molar-refractivity contribution >= 4 is 27.9 Å². The molecule has 0 aliphatic heterocycles. The lowest BCUT2D eigenvalue weighted by atomic mass is 10.0. The zero-order chi connectivity index (χ0) is 18.9. The number of nitrogens with one attached hydrogen (secondary N) is 2. The predicted octanol–water partition coefficient (Wildman–Crippen LogP) is 5.35. The van der Waals surface area contributed by atoms with Crippen LogP contribution in [0.1, 0.15) is 18.5 Å². The smallest absolute Gasteiger partial charge is 0.223 e. The maximum atomic E-state index is 4.69. The van der Waals surface area contributed by atoms with Crippen molar-refractivity contribution in [3.05, 3.63) is 84.8 Å². The highest BCUT2D eigenvalue weighted by Crippen LogP contribution is 2.29. The predicted molar refractivity (Wildman–Crippen MR) is 113 cm³/mol. The van der Waals surface area contributed by atoms with E-state index in [2.05, 4.69) is 62.5 Å². The van der Waals surface area contributed by atoms with Gasteiger partial charge in [0.25, 0.3) is 0 Å². The van der Waals surface area contributed by atoms with Crippen LogP contribution in [0.25, 0.3) is 33.1 Å². The normalized spacial score (nSPS) is 12.3. The first-order valence-corrected chi connectivity index (χ1v) is 9.29. The Kier molecular flexibility index (Phi) is 3.98. The molecule has 0 radical (unpaired) electrons. The van der Waals surface area contributed by atoms with Gasteiger partial charge in [-0.3, -0.25) is 0 Å². The summed E-state index contributed by atoms with van der Waals surface area (Å²) in [5.41, 5.74) is 5.29. The molecular weight excluding hydrogens is 346 g/mol. The first-order chi connectivity index (χ1) is 13.8. The van der Waals surface area contributed by atoms with Gasteiger partial charge >= 0.3 is 0 Å². The van der Waals surface area contributed by atoms with Gasteiger partial charge in [-0.1, -0.05) is 36.4 Å². The Morgan fingerprint density at radius 3 is 2.75 bits per heavy atom. The first-order valence-electron chi connectivity index (χ1n) is 9.29. The van der Waals surface area contributed by atoms with Crippen LogP contribution in [-0.4, -0.2) is 19.9 Å². The lowest BCUT2D eigenvalue weighted by Gasteiger charge is -2.14. The minimum absolute atomic E-state index is 0.136. The molecular formula is C23H19N5. The highest BCUT2D eigenvalue weighted by atomic mass is 15.1. The van der Waals surface area contributed by atoms with Crippen molar-refractivity contribution in [1.29, 1.82) is 0 Å². The third kappa shape index (κ3) is 2.97. The van der Waals surface area contributed by atoms with Crippen molar-refractivity contribution in [2.45, 2.75) is 13.0 Å². The van der Waals surface area contributed by atoms with E-state index in [0.717, 1.165) is 33.1 Å². The standard InChI is InChI=1S/C23H19N5/c1-15(16-5-3-2-4-6-16)27-23-26-14-18-13-17(7-8-21(18)28-23)19-9-11-24-22-20(19)10-12-25-22/h2-15H,1H3,(H,24,25)(H,26,27,28)/t15-/m1/s1. The summed E-state index contributed by atoms with van der Waals surface area (Å²) in [7, 11) is 0. The van der Waals surface area contributed by atoms with Crippen LogP contribution in [0.3, 0.4) is 0 Å². The molecule has 0 spiro atoms. The number of benzene rings is 2. The van der Waals surface area contributed by atoms with E-state index in [9.17, 15) is 0 Å². The lowest BCUT2D eigenvalue weighted by Crippen LogP contribution is -2.09. The molecule has 3 heterocycles. The largest absolute Gasteiger partial charge is 0.348 e. The van der Waals surface area contributed by atoms with Gasteiger partial charge < -0.3 is 10.3 Å². The Balaban J connectivity index is 1.47. The van der Waals surface area contributed by atoms with Gasteiger partial charge in [0.15, 0.2) is 0 Å². The van der Waals surface area contributed by atoms with Gasteiger partial charge in [0.05, 0.1) is 11.6 Å². The Morgan fingerprint density at radius 1 is 0.964 bits per heavy atom. The summed E-state index contributed by atoms with van der Waals surface area (Å²) in [6.45, 7) is 2.11. The van der Waals surface area contributed by atoms with E-state index < -0.39 is 0 Å². The van der Waals surface area contributed by atoms with E-state index in [1.54, 1.807) is 0 Å². The Bertz CT molecular complexity index is 1260. The molecule has 0 saturated carbocycles. The second kappa shape index (κ2) is 6.78. The summed E-state index contributed by atoms with van der Waals surface area (Å²) in [4.78, 5) is 16.7. The van der Waals surface area contributed by atoms with Crippen LogP contribution in [-0.2, 0) is 0 Å². The number of fused-ring (bicyclic) bond motifs is 2. The summed E-state index contributed by atoms with van der Waals surface area (Å²) in [5, 5.41) is 5.50. The number of nitrogens with zero attached hydrogens (tertiary/aromatic N) is 3. The molecule has 0 bridgehead atoms. The summed E-state index contributed by atoms with van der Waals surface area (Å²) >= 11 is 0. The molecule has 0 unspecified atom stereocenters. The fourth-order valence-electron chi connectivity index (χ4n) is 3.50. The fourth-order valence-corrected chi connectivity index (χ4v) is 3.50. The van der Waals surface area contributed by atoms with E-state index in [1.165, 1.54) is 5.56 Å². The van der Waals surface area contributed by atoms with Gasteiger partial charge in [-0.05, 0) is 47.9 Å². The van der Waals surface area contributed by atoms with E-state index in [-0.39, 0.29) is 6.04 Å². The Morgan fingerprint density at radius 2 is 1.86 bits per heavy atom. The minimum Gasteiger partial charge on any atom is -0.348 e. The molecule has 0 aliphatic rings. The molecule has 5 rings (SSSR count). The van der Waals surface area contributed by atoms with E-state index in [4.69, 9.17) is 0 Å². The molecule has 2 aromatic carbocycles. The molecule has 5 heteroatoms. The highest BCUT2D eigenvalue weighted by Gasteiger charge is 2.09. The highest BCUT2D eigenvalue weighted by molar-refractivity contribution is 5.95. The Hall–Kier alpha value is -3.73. The SMILES string of the molecule is C[C@@H](Nc1ncc2cc(-c3ccnc4[nH]ccc34)ccc2n1)c1ccccc1. The number of aromatic nitrogens is 4. The quantitative estimate of drug-likeness (QED) is 0.451. The molecule has 0 amide bonds. The zero-order valence-electron chi connectivity index (χ0n) is 15.4. The van der Waals surface area contributed by atoms with Crippen molar-refractivity contribution in [2.24, 2.45) is 0 Å². The van der Waals surface area contributed by atoms with Crippen LogP contribution in [0.2, 0.25) is 0 Å². The second-order valence-electron chi connectivity index (χ2n) is 6.84. The number of rotatable bonds is 4.